The second-order valence-electron chi connectivity index (χ2n) is 7.73. The molecule has 0 radical (unpaired) electrons. The van der Waals surface area contributed by atoms with Crippen LogP contribution in [0.5, 0.6) is 0 Å². The summed E-state index contributed by atoms with van der Waals surface area (Å²) in [5.41, 5.74) is 2.36. The molecule has 3 amide bonds. The van der Waals surface area contributed by atoms with Crippen molar-refractivity contribution in [2.75, 3.05) is 24.3 Å². The molecule has 0 saturated carbocycles. The quantitative estimate of drug-likeness (QED) is 0.561. The molecule has 33 heavy (non-hydrogen) atoms. The van der Waals surface area contributed by atoms with E-state index in [1.54, 1.807) is 37.3 Å². The number of hydrogen-bond donors (Lipinski definition) is 2. The van der Waals surface area contributed by atoms with Crippen molar-refractivity contribution < 1.29 is 23.2 Å². The Bertz CT molecular complexity index is 1170. The average molecular weight is 473 g/mol. The van der Waals surface area contributed by atoms with Gasteiger partial charge in [-0.3, -0.25) is 4.79 Å². The van der Waals surface area contributed by atoms with E-state index in [1.807, 2.05) is 0 Å². The number of carbonyl (C=O) groups is 2. The third-order valence-electron chi connectivity index (χ3n) is 5.50. The van der Waals surface area contributed by atoms with Gasteiger partial charge in [0.2, 0.25) is 5.91 Å². The van der Waals surface area contributed by atoms with E-state index in [0.29, 0.717) is 22.0 Å². The molecule has 1 saturated heterocycles. The lowest BCUT2D eigenvalue weighted by Crippen LogP contribution is -2.45. The Kier molecular flexibility index (Phi) is 6.62. The van der Waals surface area contributed by atoms with Crippen molar-refractivity contribution in [3.63, 3.8) is 0 Å². The van der Waals surface area contributed by atoms with Crippen LogP contribution < -0.4 is 10.6 Å². The van der Waals surface area contributed by atoms with Gasteiger partial charge in [-0.1, -0.05) is 22.8 Å². The highest BCUT2D eigenvalue weighted by molar-refractivity contribution is 6.30. The number of aryl methyl sites for hydroxylation is 1. The lowest BCUT2D eigenvalue weighted by atomic mass is 10.1. The van der Waals surface area contributed by atoms with E-state index >= 15 is 0 Å². The minimum atomic E-state index is -0.834. The summed E-state index contributed by atoms with van der Waals surface area (Å²) >= 11 is 5.88. The molecule has 2 aromatic carbocycles. The molecule has 10 heteroatoms. The van der Waals surface area contributed by atoms with E-state index in [1.165, 1.54) is 30.4 Å². The molecule has 1 aliphatic rings. The molecule has 2 heterocycles. The number of urea groups is 1. The second-order valence-corrected chi connectivity index (χ2v) is 8.17. The van der Waals surface area contributed by atoms with Gasteiger partial charge >= 0.3 is 6.03 Å². The molecule has 8 nitrogen and oxygen atoms in total. The number of benzene rings is 2. The number of aromatic nitrogens is 1. The zero-order valence-corrected chi connectivity index (χ0v) is 18.7. The third-order valence-corrected chi connectivity index (χ3v) is 5.75. The predicted octanol–water partition coefficient (Wildman–Crippen LogP) is 4.70. The van der Waals surface area contributed by atoms with Crippen LogP contribution in [-0.4, -0.2) is 47.8 Å². The van der Waals surface area contributed by atoms with Gasteiger partial charge in [0.25, 0.3) is 0 Å². The van der Waals surface area contributed by atoms with Crippen LogP contribution in [0, 0.1) is 12.7 Å². The molecule has 4 rings (SSSR count). The maximum Gasteiger partial charge on any atom is 0.322 e. The first-order valence-corrected chi connectivity index (χ1v) is 10.6. The van der Waals surface area contributed by atoms with Crippen LogP contribution in [-0.2, 0) is 9.53 Å². The first kappa shape index (κ1) is 22.8. The summed E-state index contributed by atoms with van der Waals surface area (Å²) < 4.78 is 25.0. The molecular formula is C23H22ClFN4O4. The highest BCUT2D eigenvalue weighted by Crippen LogP contribution is 2.27. The van der Waals surface area contributed by atoms with Crippen molar-refractivity contribution in [2.45, 2.75) is 25.5 Å². The molecule has 0 aliphatic carbocycles. The standard InChI is InChI=1S/C23H22ClFN4O4/c1-13-12-33-28-21(13)14-3-8-19(18(25)9-14)27-22(30)20-10-17(32-2)11-29(20)23(31)26-16-6-4-15(24)5-7-16/h3-9,12,17,20H,10-11H2,1-2H3,(H,26,31)(H,27,30)/t17-,20-/m1/s1. The maximum absolute atomic E-state index is 14.7. The van der Waals surface area contributed by atoms with Gasteiger partial charge in [-0.25, -0.2) is 9.18 Å². The van der Waals surface area contributed by atoms with E-state index in [0.717, 1.165) is 5.56 Å². The number of ether oxygens (including phenoxy) is 1. The number of carbonyl (C=O) groups excluding carboxylic acids is 2. The Morgan fingerprint density at radius 2 is 1.97 bits per heavy atom. The van der Waals surface area contributed by atoms with Crippen LogP contribution in [0.15, 0.2) is 53.3 Å². The van der Waals surface area contributed by atoms with Crippen molar-refractivity contribution in [1.82, 2.24) is 10.1 Å². The van der Waals surface area contributed by atoms with Crippen LogP contribution >= 0.6 is 11.6 Å². The van der Waals surface area contributed by atoms with Gasteiger partial charge in [0.15, 0.2) is 0 Å². The Balaban J connectivity index is 1.49. The molecule has 1 aromatic heterocycles. The molecule has 1 aliphatic heterocycles. The summed E-state index contributed by atoms with van der Waals surface area (Å²) in [6.45, 7) is 2.02. The van der Waals surface area contributed by atoms with E-state index in [4.69, 9.17) is 20.9 Å². The molecule has 1 fully saturated rings. The zero-order chi connectivity index (χ0) is 23.5. The van der Waals surface area contributed by atoms with Gasteiger partial charge in [-0.15, -0.1) is 0 Å². The Morgan fingerprint density at radius 1 is 1.21 bits per heavy atom. The predicted molar refractivity (Wildman–Crippen MR) is 122 cm³/mol. The number of anilines is 2. The van der Waals surface area contributed by atoms with Crippen molar-refractivity contribution in [2.24, 2.45) is 0 Å². The molecule has 2 atom stereocenters. The Morgan fingerprint density at radius 3 is 2.61 bits per heavy atom. The van der Waals surface area contributed by atoms with Crippen LogP contribution in [0.1, 0.15) is 12.0 Å². The minimum absolute atomic E-state index is 0.00354. The number of likely N-dealkylation sites (tertiary alicyclic amines) is 1. The molecular weight excluding hydrogens is 451 g/mol. The maximum atomic E-state index is 14.7. The summed E-state index contributed by atoms with van der Waals surface area (Å²) in [6.07, 6.45) is 1.44. The highest BCUT2D eigenvalue weighted by atomic mass is 35.5. The fraction of sp³-hybridized carbons (Fsp3) is 0.261. The normalized spacial score (nSPS) is 17.8. The van der Waals surface area contributed by atoms with Crippen molar-refractivity contribution in [1.29, 1.82) is 0 Å². The summed E-state index contributed by atoms with van der Waals surface area (Å²) in [5, 5.41) is 9.74. The summed E-state index contributed by atoms with van der Waals surface area (Å²) in [7, 11) is 1.52. The molecule has 2 N–H and O–H groups in total. The molecule has 3 aromatic rings. The SMILES string of the molecule is CO[C@@H]1C[C@H](C(=O)Nc2ccc(-c3nocc3C)cc2F)N(C(=O)Nc2ccc(Cl)cc2)C1. The number of methoxy groups -OCH3 is 1. The number of halogens is 2. The van der Waals surface area contributed by atoms with Gasteiger partial charge in [0.1, 0.15) is 23.8 Å². The molecule has 0 unspecified atom stereocenters. The third kappa shape index (κ3) is 4.99. The Labute approximate surface area is 194 Å². The molecule has 0 bridgehead atoms. The molecule has 0 spiro atoms. The minimum Gasteiger partial charge on any atom is -0.380 e. The van der Waals surface area contributed by atoms with Crippen molar-refractivity contribution in [3.8, 4) is 11.3 Å². The number of amides is 3. The van der Waals surface area contributed by atoms with Crippen LogP contribution in [0.3, 0.4) is 0 Å². The smallest absolute Gasteiger partial charge is 0.322 e. The lowest BCUT2D eigenvalue weighted by Gasteiger charge is -2.24. The highest BCUT2D eigenvalue weighted by Gasteiger charge is 2.40. The summed E-state index contributed by atoms with van der Waals surface area (Å²) in [6, 6.07) is 9.69. The Hall–Kier alpha value is -3.43. The lowest BCUT2D eigenvalue weighted by molar-refractivity contribution is -0.119. The van der Waals surface area contributed by atoms with Crippen molar-refractivity contribution >= 4 is 34.9 Å². The van der Waals surface area contributed by atoms with Gasteiger partial charge in [-0.05, 0) is 43.3 Å². The molecule has 172 valence electrons. The van der Waals surface area contributed by atoms with Crippen LogP contribution in [0.2, 0.25) is 5.02 Å². The van der Waals surface area contributed by atoms with E-state index in [2.05, 4.69) is 15.8 Å². The van der Waals surface area contributed by atoms with Crippen LogP contribution in [0.4, 0.5) is 20.6 Å². The summed E-state index contributed by atoms with van der Waals surface area (Å²) in [5.74, 6) is -1.13. The summed E-state index contributed by atoms with van der Waals surface area (Å²) in [4.78, 5) is 27.2. The van der Waals surface area contributed by atoms with Crippen molar-refractivity contribution in [3.05, 3.63) is 65.1 Å². The topological polar surface area (TPSA) is 96.7 Å². The first-order valence-electron chi connectivity index (χ1n) is 10.2. The van der Waals surface area contributed by atoms with Crippen LogP contribution in [0.25, 0.3) is 11.3 Å². The number of nitrogens with one attached hydrogen (secondary N) is 2. The monoisotopic (exact) mass is 472 g/mol. The number of hydrogen-bond acceptors (Lipinski definition) is 5. The largest absolute Gasteiger partial charge is 0.380 e. The number of rotatable bonds is 5. The van der Waals surface area contributed by atoms with E-state index in [-0.39, 0.29) is 24.8 Å². The fourth-order valence-corrected chi connectivity index (χ4v) is 3.84. The van der Waals surface area contributed by atoms with Gasteiger partial charge < -0.3 is 24.8 Å². The fourth-order valence-electron chi connectivity index (χ4n) is 3.72. The van der Waals surface area contributed by atoms with Gasteiger partial charge in [0.05, 0.1) is 11.8 Å². The van der Waals surface area contributed by atoms with Gasteiger partial charge in [0, 0.05) is 41.9 Å². The zero-order valence-electron chi connectivity index (χ0n) is 18.0. The van der Waals surface area contributed by atoms with E-state index in [9.17, 15) is 14.0 Å². The number of nitrogens with zero attached hydrogens (tertiary/aromatic N) is 2. The van der Waals surface area contributed by atoms with Gasteiger partial charge in [-0.2, -0.15) is 0 Å². The first-order chi connectivity index (χ1) is 15.9. The van der Waals surface area contributed by atoms with E-state index < -0.39 is 23.8 Å². The average Bonchev–Trinajstić information content (AvgIpc) is 3.43. The second kappa shape index (κ2) is 9.60.